The Morgan fingerprint density at radius 1 is 1.21 bits per heavy atom. The zero-order chi connectivity index (χ0) is 20.8. The fraction of sp³-hybridized carbons (Fsp3) is 0.222. The van der Waals surface area contributed by atoms with Crippen LogP contribution in [-0.2, 0) is 11.0 Å². The van der Waals surface area contributed by atoms with E-state index in [0.717, 1.165) is 37.1 Å². The second kappa shape index (κ2) is 6.83. The molecule has 2 heterocycles. The Morgan fingerprint density at radius 3 is 2.52 bits per heavy atom. The van der Waals surface area contributed by atoms with Gasteiger partial charge in [0.05, 0.1) is 0 Å². The highest BCUT2D eigenvalue weighted by atomic mass is 19.4. The molecule has 0 bridgehead atoms. The minimum atomic E-state index is -4.68. The molecule has 3 aromatic rings. The van der Waals surface area contributed by atoms with Crippen molar-refractivity contribution in [3.05, 3.63) is 64.9 Å². The minimum Gasteiger partial charge on any atom is -0.380 e. The van der Waals surface area contributed by atoms with Gasteiger partial charge in [-0.05, 0) is 43.2 Å². The van der Waals surface area contributed by atoms with E-state index in [2.05, 4.69) is 20.1 Å². The summed E-state index contributed by atoms with van der Waals surface area (Å²) in [5.74, 6) is -1.83. The summed E-state index contributed by atoms with van der Waals surface area (Å²) in [6, 6.07) is 6.97. The van der Waals surface area contributed by atoms with Gasteiger partial charge in [-0.3, -0.25) is 0 Å². The number of nitrogens with two attached hydrogens (primary N) is 1. The fourth-order valence-electron chi connectivity index (χ4n) is 2.69. The number of aromatic nitrogens is 3. The van der Waals surface area contributed by atoms with E-state index in [1.54, 1.807) is 0 Å². The van der Waals surface area contributed by atoms with Crippen molar-refractivity contribution < 1.29 is 27.2 Å². The first kappa shape index (κ1) is 18.8. The van der Waals surface area contributed by atoms with Gasteiger partial charge in [-0.2, -0.15) is 18.3 Å². The van der Waals surface area contributed by atoms with Gasteiger partial charge in [0.15, 0.2) is 17.2 Å². The molecule has 0 atom stereocenters. The van der Waals surface area contributed by atoms with Crippen molar-refractivity contribution in [2.24, 2.45) is 10.9 Å². The summed E-state index contributed by atoms with van der Waals surface area (Å²) in [7, 11) is 0. The number of hydrogen-bond acceptors (Lipinski definition) is 5. The SMILES string of the molecule is N/C(=N\OC(=O)c1cc2nc(C3CC3)cc(C(F)(F)F)n2n1)c1ccc(F)cc1. The highest BCUT2D eigenvalue weighted by Crippen LogP contribution is 2.41. The molecule has 0 saturated heterocycles. The smallest absolute Gasteiger partial charge is 0.380 e. The summed E-state index contributed by atoms with van der Waals surface area (Å²) < 4.78 is 53.7. The number of hydrogen-bond donors (Lipinski definition) is 1. The van der Waals surface area contributed by atoms with E-state index in [1.165, 1.54) is 12.1 Å². The Hall–Kier alpha value is -3.50. The van der Waals surface area contributed by atoms with Crippen LogP contribution in [0.2, 0.25) is 0 Å². The van der Waals surface area contributed by atoms with Crippen LogP contribution in [0.3, 0.4) is 0 Å². The number of oxime groups is 1. The molecule has 29 heavy (non-hydrogen) atoms. The van der Waals surface area contributed by atoms with Gasteiger partial charge in [0, 0.05) is 23.2 Å². The lowest BCUT2D eigenvalue weighted by Crippen LogP contribution is -2.16. The summed E-state index contributed by atoms with van der Waals surface area (Å²) in [6.07, 6.45) is -3.15. The Labute approximate surface area is 160 Å². The molecule has 1 aliphatic rings. The van der Waals surface area contributed by atoms with Gasteiger partial charge in [-0.25, -0.2) is 18.7 Å². The van der Waals surface area contributed by atoms with Crippen molar-refractivity contribution in [2.75, 3.05) is 0 Å². The average Bonchev–Trinajstić information content (AvgIpc) is 3.43. The number of rotatable bonds is 4. The van der Waals surface area contributed by atoms with E-state index in [1.807, 2.05) is 0 Å². The number of halogens is 4. The maximum absolute atomic E-state index is 13.4. The number of fused-ring (bicyclic) bond motifs is 1. The third-order valence-electron chi connectivity index (χ3n) is 4.31. The Bertz CT molecular complexity index is 1120. The van der Waals surface area contributed by atoms with Crippen LogP contribution in [-0.4, -0.2) is 26.4 Å². The van der Waals surface area contributed by atoms with Gasteiger partial charge in [0.2, 0.25) is 0 Å². The van der Waals surface area contributed by atoms with Crippen LogP contribution in [0.15, 0.2) is 41.6 Å². The molecular weight excluding hydrogens is 394 g/mol. The van der Waals surface area contributed by atoms with E-state index in [-0.39, 0.29) is 17.4 Å². The summed E-state index contributed by atoms with van der Waals surface area (Å²) in [6.45, 7) is 0. The first-order valence-electron chi connectivity index (χ1n) is 8.51. The second-order valence-electron chi connectivity index (χ2n) is 6.50. The quantitative estimate of drug-likeness (QED) is 0.236. The predicted octanol–water partition coefficient (Wildman–Crippen LogP) is 3.24. The highest BCUT2D eigenvalue weighted by molar-refractivity contribution is 5.98. The number of carbonyl (C=O) groups excluding carboxylic acids is 1. The lowest BCUT2D eigenvalue weighted by atomic mass is 10.2. The fourth-order valence-corrected chi connectivity index (χ4v) is 2.69. The van der Waals surface area contributed by atoms with E-state index in [9.17, 15) is 22.4 Å². The van der Waals surface area contributed by atoms with Gasteiger partial charge in [0.1, 0.15) is 11.5 Å². The standard InChI is InChI=1S/C18H13F4N5O2/c19-11-5-3-10(4-6-11)16(23)26-29-17(28)13-8-15-24-12(9-1-2-9)7-14(18(20,21)22)27(15)25-13/h3-9H,1-2H2,(H2,23,26). The number of nitrogens with zero attached hydrogens (tertiary/aromatic N) is 4. The second-order valence-corrected chi connectivity index (χ2v) is 6.50. The van der Waals surface area contributed by atoms with Crippen LogP contribution in [0.5, 0.6) is 0 Å². The van der Waals surface area contributed by atoms with Gasteiger partial charge in [0.25, 0.3) is 0 Å². The zero-order valence-corrected chi connectivity index (χ0v) is 14.7. The first-order chi connectivity index (χ1) is 13.7. The minimum absolute atomic E-state index is 0.0218. The molecule has 7 nitrogen and oxygen atoms in total. The highest BCUT2D eigenvalue weighted by Gasteiger charge is 2.37. The molecule has 0 unspecified atom stereocenters. The maximum atomic E-state index is 13.4. The van der Waals surface area contributed by atoms with Gasteiger partial charge >= 0.3 is 12.1 Å². The number of alkyl halides is 3. The first-order valence-corrected chi connectivity index (χ1v) is 8.51. The van der Waals surface area contributed by atoms with Crippen molar-refractivity contribution in [3.63, 3.8) is 0 Å². The number of benzene rings is 1. The van der Waals surface area contributed by atoms with Crippen LogP contribution in [0, 0.1) is 5.82 Å². The molecular formula is C18H13F4N5O2. The Kier molecular flexibility index (Phi) is 4.44. The monoisotopic (exact) mass is 407 g/mol. The maximum Gasteiger partial charge on any atom is 0.433 e. The summed E-state index contributed by atoms with van der Waals surface area (Å²) >= 11 is 0. The van der Waals surface area contributed by atoms with E-state index in [0.29, 0.717) is 15.8 Å². The van der Waals surface area contributed by atoms with Crippen molar-refractivity contribution >= 4 is 17.5 Å². The van der Waals surface area contributed by atoms with Crippen LogP contribution in [0.1, 0.15) is 46.2 Å². The topological polar surface area (TPSA) is 94.9 Å². The Morgan fingerprint density at radius 2 is 1.90 bits per heavy atom. The van der Waals surface area contributed by atoms with Crippen molar-refractivity contribution in [2.45, 2.75) is 24.9 Å². The van der Waals surface area contributed by atoms with E-state index in [4.69, 9.17) is 5.73 Å². The lowest BCUT2D eigenvalue weighted by molar-refractivity contribution is -0.142. The summed E-state index contributed by atoms with van der Waals surface area (Å²) in [5, 5.41) is 7.09. The molecule has 2 aromatic heterocycles. The molecule has 2 N–H and O–H groups in total. The molecule has 11 heteroatoms. The van der Waals surface area contributed by atoms with E-state index >= 15 is 0 Å². The largest absolute Gasteiger partial charge is 0.433 e. The zero-order valence-electron chi connectivity index (χ0n) is 14.7. The third-order valence-corrected chi connectivity index (χ3v) is 4.31. The molecule has 150 valence electrons. The molecule has 0 radical (unpaired) electrons. The van der Waals surface area contributed by atoms with Gasteiger partial charge in [-0.15, -0.1) is 0 Å². The van der Waals surface area contributed by atoms with Gasteiger partial charge in [-0.1, -0.05) is 5.16 Å². The normalized spacial score (nSPS) is 15.0. The van der Waals surface area contributed by atoms with E-state index < -0.39 is 29.4 Å². The molecule has 0 spiro atoms. The third kappa shape index (κ3) is 3.89. The average molecular weight is 407 g/mol. The van der Waals surface area contributed by atoms with Crippen LogP contribution >= 0.6 is 0 Å². The molecule has 0 aliphatic heterocycles. The van der Waals surface area contributed by atoms with Crippen LogP contribution < -0.4 is 5.73 Å². The number of amidine groups is 1. The molecule has 0 amide bonds. The van der Waals surface area contributed by atoms with Gasteiger partial charge < -0.3 is 10.6 Å². The Balaban J connectivity index is 1.62. The molecule has 1 aliphatic carbocycles. The molecule has 1 fully saturated rings. The van der Waals surface area contributed by atoms with Crippen LogP contribution in [0.4, 0.5) is 17.6 Å². The van der Waals surface area contributed by atoms with Crippen molar-refractivity contribution in [1.82, 2.24) is 14.6 Å². The molecule has 4 rings (SSSR count). The molecule has 1 aromatic carbocycles. The van der Waals surface area contributed by atoms with Crippen LogP contribution in [0.25, 0.3) is 5.65 Å². The lowest BCUT2D eigenvalue weighted by Gasteiger charge is -2.10. The van der Waals surface area contributed by atoms with Crippen molar-refractivity contribution in [1.29, 1.82) is 0 Å². The molecule has 1 saturated carbocycles. The number of carbonyl (C=O) groups is 1. The summed E-state index contributed by atoms with van der Waals surface area (Å²) in [4.78, 5) is 21.0. The summed E-state index contributed by atoms with van der Waals surface area (Å²) in [5.41, 5.74) is 4.69. The predicted molar refractivity (Wildman–Crippen MR) is 92.5 cm³/mol. The van der Waals surface area contributed by atoms with Crippen molar-refractivity contribution in [3.8, 4) is 0 Å².